The molecule has 1 amide bonds. The number of carbonyl (C=O) groups is 1. The number of nitrogens with one attached hydrogen (secondary N) is 1. The van der Waals surface area contributed by atoms with E-state index in [9.17, 15) is 9.59 Å². The second-order valence-electron chi connectivity index (χ2n) is 6.74. The maximum Gasteiger partial charge on any atom is 0.291 e. The fraction of sp³-hybridized carbons (Fsp3) is 0.421. The van der Waals surface area contributed by atoms with E-state index in [2.05, 4.69) is 15.3 Å². The average Bonchev–Trinajstić information content (AvgIpc) is 2.70. The molecular formula is C19H21Cl3N4O2. The molecule has 1 aliphatic rings. The summed E-state index contributed by atoms with van der Waals surface area (Å²) in [6, 6.07) is 5.25. The van der Waals surface area contributed by atoms with E-state index in [0.29, 0.717) is 23.8 Å². The fourth-order valence-corrected chi connectivity index (χ4v) is 3.83. The molecule has 150 valence electrons. The van der Waals surface area contributed by atoms with E-state index >= 15 is 0 Å². The standard InChI is InChI=1S/C19H21Cl3N4O2/c1-2-7-23-18(27)12-4-3-8-25(11-12)16-6-5-13(9-14(16)20)26-19(28)17(22)15(21)10-24-26/h5-6,9-10,12H,2-4,7-8,11H2,1H3,(H,23,27). The lowest BCUT2D eigenvalue weighted by molar-refractivity contribution is -0.125. The first-order valence-electron chi connectivity index (χ1n) is 9.18. The molecular weight excluding hydrogens is 423 g/mol. The summed E-state index contributed by atoms with van der Waals surface area (Å²) < 4.78 is 1.15. The topological polar surface area (TPSA) is 67.2 Å². The van der Waals surface area contributed by atoms with Crippen molar-refractivity contribution in [2.24, 2.45) is 5.92 Å². The zero-order valence-corrected chi connectivity index (χ0v) is 17.7. The third-order valence-electron chi connectivity index (χ3n) is 4.73. The van der Waals surface area contributed by atoms with Gasteiger partial charge in [-0.25, -0.2) is 0 Å². The van der Waals surface area contributed by atoms with E-state index in [0.717, 1.165) is 36.2 Å². The van der Waals surface area contributed by atoms with Crippen molar-refractivity contribution in [2.45, 2.75) is 26.2 Å². The van der Waals surface area contributed by atoms with Crippen LogP contribution >= 0.6 is 34.8 Å². The molecule has 0 spiro atoms. The zero-order chi connectivity index (χ0) is 20.3. The van der Waals surface area contributed by atoms with Crippen LogP contribution in [0.1, 0.15) is 26.2 Å². The van der Waals surface area contributed by atoms with Crippen LogP contribution in [0.2, 0.25) is 15.1 Å². The molecule has 0 saturated carbocycles. The van der Waals surface area contributed by atoms with E-state index < -0.39 is 5.56 Å². The lowest BCUT2D eigenvalue weighted by Crippen LogP contribution is -2.43. The molecule has 1 aromatic heterocycles. The molecule has 0 bridgehead atoms. The van der Waals surface area contributed by atoms with Gasteiger partial charge in [0.15, 0.2) is 0 Å². The highest BCUT2D eigenvalue weighted by Crippen LogP contribution is 2.31. The normalized spacial score (nSPS) is 16.9. The summed E-state index contributed by atoms with van der Waals surface area (Å²) >= 11 is 18.3. The highest BCUT2D eigenvalue weighted by atomic mass is 35.5. The van der Waals surface area contributed by atoms with Gasteiger partial charge in [-0.15, -0.1) is 0 Å². The third-order valence-corrected chi connectivity index (χ3v) is 5.79. The first-order valence-corrected chi connectivity index (χ1v) is 10.3. The van der Waals surface area contributed by atoms with Gasteiger partial charge in [-0.05, 0) is 37.5 Å². The van der Waals surface area contributed by atoms with Crippen molar-refractivity contribution < 1.29 is 4.79 Å². The molecule has 1 saturated heterocycles. The van der Waals surface area contributed by atoms with Crippen LogP contribution in [0.3, 0.4) is 0 Å². The summed E-state index contributed by atoms with van der Waals surface area (Å²) in [5.41, 5.74) is 0.807. The molecule has 9 heteroatoms. The Morgan fingerprint density at radius 1 is 1.29 bits per heavy atom. The molecule has 2 aromatic rings. The van der Waals surface area contributed by atoms with Gasteiger partial charge in [0.1, 0.15) is 5.02 Å². The molecule has 1 N–H and O–H groups in total. The van der Waals surface area contributed by atoms with Crippen LogP contribution in [0.15, 0.2) is 29.2 Å². The number of hydrogen-bond donors (Lipinski definition) is 1. The maximum atomic E-state index is 12.3. The Balaban J connectivity index is 1.82. The van der Waals surface area contributed by atoms with Crippen LogP contribution in [0.4, 0.5) is 5.69 Å². The lowest BCUT2D eigenvalue weighted by Gasteiger charge is -2.34. The number of rotatable bonds is 5. The fourth-order valence-electron chi connectivity index (χ4n) is 3.28. The number of nitrogens with zero attached hydrogens (tertiary/aromatic N) is 3. The molecule has 3 rings (SSSR count). The van der Waals surface area contributed by atoms with Gasteiger partial charge < -0.3 is 10.2 Å². The first-order chi connectivity index (χ1) is 13.4. The number of benzene rings is 1. The predicted molar refractivity (Wildman–Crippen MR) is 113 cm³/mol. The van der Waals surface area contributed by atoms with Crippen molar-refractivity contribution in [1.29, 1.82) is 0 Å². The number of piperidine rings is 1. The van der Waals surface area contributed by atoms with Gasteiger partial charge in [-0.3, -0.25) is 9.59 Å². The van der Waals surface area contributed by atoms with Crippen molar-refractivity contribution in [3.05, 3.63) is 49.8 Å². The van der Waals surface area contributed by atoms with Gasteiger partial charge in [0.25, 0.3) is 5.56 Å². The monoisotopic (exact) mass is 442 g/mol. The number of anilines is 1. The van der Waals surface area contributed by atoms with Gasteiger partial charge in [0, 0.05) is 19.6 Å². The Bertz CT molecular complexity index is 932. The molecule has 1 atom stereocenters. The van der Waals surface area contributed by atoms with Crippen LogP contribution in [-0.2, 0) is 4.79 Å². The lowest BCUT2D eigenvalue weighted by atomic mass is 9.96. The summed E-state index contributed by atoms with van der Waals surface area (Å²) in [7, 11) is 0. The molecule has 2 heterocycles. The van der Waals surface area contributed by atoms with Gasteiger partial charge in [-0.1, -0.05) is 41.7 Å². The quantitative estimate of drug-likeness (QED) is 0.760. The second kappa shape index (κ2) is 9.16. The minimum atomic E-state index is -0.511. The van der Waals surface area contributed by atoms with Gasteiger partial charge in [-0.2, -0.15) is 9.78 Å². The van der Waals surface area contributed by atoms with E-state index in [-0.39, 0.29) is 21.9 Å². The number of carbonyl (C=O) groups excluding carboxylic acids is 1. The average molecular weight is 444 g/mol. The Morgan fingerprint density at radius 2 is 2.07 bits per heavy atom. The van der Waals surface area contributed by atoms with E-state index in [1.54, 1.807) is 12.1 Å². The largest absolute Gasteiger partial charge is 0.370 e. The Kier molecular flexibility index (Phi) is 6.86. The number of amides is 1. The van der Waals surface area contributed by atoms with Crippen LogP contribution in [0, 0.1) is 5.92 Å². The molecule has 0 radical (unpaired) electrons. The van der Waals surface area contributed by atoms with Gasteiger partial charge >= 0.3 is 0 Å². The molecule has 0 aliphatic carbocycles. The summed E-state index contributed by atoms with van der Waals surface area (Å²) in [4.78, 5) is 26.7. The van der Waals surface area contributed by atoms with Crippen LogP contribution in [-0.4, -0.2) is 35.3 Å². The second-order valence-corrected chi connectivity index (χ2v) is 7.93. The van der Waals surface area contributed by atoms with Gasteiger partial charge in [0.2, 0.25) is 5.91 Å². The highest BCUT2D eigenvalue weighted by molar-refractivity contribution is 6.41. The van der Waals surface area contributed by atoms with Crippen LogP contribution < -0.4 is 15.8 Å². The number of aromatic nitrogens is 2. The molecule has 1 fully saturated rings. The summed E-state index contributed by atoms with van der Waals surface area (Å²) in [6.07, 6.45) is 4.01. The Hall–Kier alpha value is -1.76. The Morgan fingerprint density at radius 3 is 2.79 bits per heavy atom. The summed E-state index contributed by atoms with van der Waals surface area (Å²) in [5, 5.41) is 7.48. The highest BCUT2D eigenvalue weighted by Gasteiger charge is 2.26. The van der Waals surface area contributed by atoms with Crippen molar-refractivity contribution in [2.75, 3.05) is 24.5 Å². The predicted octanol–water partition coefficient (Wildman–Crippen LogP) is 3.94. The number of halogens is 3. The zero-order valence-electron chi connectivity index (χ0n) is 15.4. The summed E-state index contributed by atoms with van der Waals surface area (Å²) in [6.45, 7) is 4.15. The molecule has 28 heavy (non-hydrogen) atoms. The molecule has 1 aliphatic heterocycles. The summed E-state index contributed by atoms with van der Waals surface area (Å²) in [5.74, 6) is 0.0289. The molecule has 1 unspecified atom stereocenters. The van der Waals surface area contributed by atoms with Crippen LogP contribution in [0.5, 0.6) is 0 Å². The SMILES string of the molecule is CCCNC(=O)C1CCCN(c2ccc(-n3ncc(Cl)c(Cl)c3=O)cc2Cl)C1. The van der Waals surface area contributed by atoms with Crippen molar-refractivity contribution in [3.63, 3.8) is 0 Å². The van der Waals surface area contributed by atoms with E-state index in [1.807, 2.05) is 13.0 Å². The van der Waals surface area contributed by atoms with Crippen molar-refractivity contribution >= 4 is 46.4 Å². The smallest absolute Gasteiger partial charge is 0.291 e. The first kappa shape index (κ1) is 21.0. The van der Waals surface area contributed by atoms with Crippen LogP contribution in [0.25, 0.3) is 5.69 Å². The van der Waals surface area contributed by atoms with Crippen molar-refractivity contribution in [1.82, 2.24) is 15.1 Å². The van der Waals surface area contributed by atoms with Gasteiger partial charge in [0.05, 0.1) is 33.5 Å². The maximum absolute atomic E-state index is 12.3. The third kappa shape index (κ3) is 4.45. The molecule has 1 aromatic carbocycles. The van der Waals surface area contributed by atoms with Crippen molar-refractivity contribution in [3.8, 4) is 5.69 Å². The van der Waals surface area contributed by atoms with E-state index in [4.69, 9.17) is 34.8 Å². The Labute approximate surface area is 178 Å². The minimum Gasteiger partial charge on any atom is -0.370 e. The number of hydrogen-bond acceptors (Lipinski definition) is 4. The molecule has 6 nitrogen and oxygen atoms in total. The van der Waals surface area contributed by atoms with E-state index in [1.165, 1.54) is 6.20 Å². The minimum absolute atomic E-state index is 0.0598.